The van der Waals surface area contributed by atoms with E-state index in [1.807, 2.05) is 12.1 Å². The molecule has 0 fully saturated rings. The average Bonchev–Trinajstić information content (AvgIpc) is 2.44. The van der Waals surface area contributed by atoms with E-state index in [4.69, 9.17) is 4.52 Å². The normalized spacial score (nSPS) is 10.9. The zero-order valence-corrected chi connectivity index (χ0v) is 14.0. The van der Waals surface area contributed by atoms with Gasteiger partial charge in [0.15, 0.2) is 0 Å². The molecule has 2 aromatic carbocycles. The molecule has 0 saturated carbocycles. The second-order valence-electron chi connectivity index (χ2n) is 5.47. The van der Waals surface area contributed by atoms with Gasteiger partial charge in [-0.15, -0.1) is 0 Å². The van der Waals surface area contributed by atoms with Crippen molar-refractivity contribution in [2.75, 3.05) is 0 Å². The van der Waals surface area contributed by atoms with Gasteiger partial charge in [0.1, 0.15) is 5.75 Å². The lowest BCUT2D eigenvalue weighted by Crippen LogP contribution is -2.01. The molecular formula is C18H21O2P. The molecule has 0 unspecified atom stereocenters. The maximum atomic E-state index is 10.8. The van der Waals surface area contributed by atoms with E-state index in [0.717, 1.165) is 18.4 Å². The SMILES string of the molecule is CCc1cccc(OP=O)c1Cc1c(C)cc(C)cc1C. The van der Waals surface area contributed by atoms with Crippen LogP contribution in [0.2, 0.25) is 0 Å². The standard InChI is InChI=1S/C18H21O2P/c1-5-15-7-6-8-18(20-21-19)17(15)11-16-13(3)9-12(2)10-14(16)4/h6-10H,5,11H2,1-4H3. The van der Waals surface area contributed by atoms with Crippen molar-refractivity contribution in [3.63, 3.8) is 0 Å². The summed E-state index contributed by atoms with van der Waals surface area (Å²) in [6.45, 7) is 8.55. The van der Waals surface area contributed by atoms with Crippen molar-refractivity contribution in [1.82, 2.24) is 0 Å². The first kappa shape index (κ1) is 15.7. The van der Waals surface area contributed by atoms with Gasteiger partial charge in [0.25, 0.3) is 0 Å². The molecule has 0 aliphatic carbocycles. The molecular weight excluding hydrogens is 279 g/mol. The summed E-state index contributed by atoms with van der Waals surface area (Å²) in [5, 5.41) is 0. The van der Waals surface area contributed by atoms with Gasteiger partial charge < -0.3 is 4.52 Å². The summed E-state index contributed by atoms with van der Waals surface area (Å²) in [4.78, 5) is 0. The Morgan fingerprint density at radius 2 is 1.71 bits per heavy atom. The molecule has 21 heavy (non-hydrogen) atoms. The minimum absolute atomic E-state index is 0.304. The van der Waals surface area contributed by atoms with Crippen molar-refractivity contribution in [2.24, 2.45) is 0 Å². The molecule has 0 amide bonds. The lowest BCUT2D eigenvalue weighted by Gasteiger charge is -2.16. The molecule has 0 N–H and O–H groups in total. The molecule has 110 valence electrons. The maximum Gasteiger partial charge on any atom is 0.395 e. The monoisotopic (exact) mass is 300 g/mol. The average molecular weight is 300 g/mol. The Bertz CT molecular complexity index is 639. The van der Waals surface area contributed by atoms with Gasteiger partial charge in [0, 0.05) is 12.0 Å². The van der Waals surface area contributed by atoms with Gasteiger partial charge >= 0.3 is 8.69 Å². The van der Waals surface area contributed by atoms with E-state index < -0.39 is 0 Å². The molecule has 0 heterocycles. The van der Waals surface area contributed by atoms with Crippen LogP contribution in [0.4, 0.5) is 0 Å². The minimum atomic E-state index is -0.304. The molecule has 0 aliphatic rings. The molecule has 0 aromatic heterocycles. The van der Waals surface area contributed by atoms with Gasteiger partial charge in [-0.25, -0.2) is 4.57 Å². The summed E-state index contributed by atoms with van der Waals surface area (Å²) in [7, 11) is -0.304. The Hall–Kier alpha value is -1.66. The van der Waals surface area contributed by atoms with Gasteiger partial charge in [-0.1, -0.05) is 36.8 Å². The number of hydrogen-bond acceptors (Lipinski definition) is 2. The van der Waals surface area contributed by atoms with Gasteiger partial charge in [-0.3, -0.25) is 0 Å². The number of aryl methyl sites for hydroxylation is 4. The Labute approximate surface area is 128 Å². The van der Waals surface area contributed by atoms with Crippen LogP contribution in [0.1, 0.15) is 40.3 Å². The Balaban J connectivity index is 2.50. The van der Waals surface area contributed by atoms with Crippen molar-refractivity contribution in [3.05, 3.63) is 63.7 Å². The summed E-state index contributed by atoms with van der Waals surface area (Å²) in [6, 6.07) is 10.4. The third kappa shape index (κ3) is 3.51. The van der Waals surface area contributed by atoms with E-state index in [9.17, 15) is 4.57 Å². The summed E-state index contributed by atoms with van der Waals surface area (Å²) in [6.07, 6.45) is 1.75. The van der Waals surface area contributed by atoms with Crippen LogP contribution in [0.3, 0.4) is 0 Å². The highest BCUT2D eigenvalue weighted by atomic mass is 31.1. The highest BCUT2D eigenvalue weighted by molar-refractivity contribution is 7.17. The van der Waals surface area contributed by atoms with E-state index in [1.54, 1.807) is 0 Å². The fourth-order valence-corrected chi connectivity index (χ4v) is 3.19. The first-order valence-electron chi connectivity index (χ1n) is 7.24. The predicted octanol–water partition coefficient (Wildman–Crippen LogP) is 5.35. The van der Waals surface area contributed by atoms with Crippen molar-refractivity contribution in [3.8, 4) is 5.75 Å². The molecule has 0 aliphatic heterocycles. The molecule has 0 saturated heterocycles. The lowest BCUT2D eigenvalue weighted by molar-refractivity contribution is 0.522. The maximum absolute atomic E-state index is 10.8. The number of hydrogen-bond donors (Lipinski definition) is 0. The molecule has 2 rings (SSSR count). The summed E-state index contributed by atoms with van der Waals surface area (Å²) < 4.78 is 16.1. The van der Waals surface area contributed by atoms with E-state index in [0.29, 0.717) is 5.75 Å². The molecule has 0 spiro atoms. The van der Waals surface area contributed by atoms with Gasteiger partial charge in [-0.2, -0.15) is 0 Å². The third-order valence-electron chi connectivity index (χ3n) is 3.94. The van der Waals surface area contributed by atoms with E-state index in [-0.39, 0.29) is 8.69 Å². The zero-order chi connectivity index (χ0) is 15.4. The lowest BCUT2D eigenvalue weighted by atomic mass is 9.91. The molecule has 2 aromatic rings. The van der Waals surface area contributed by atoms with Crippen LogP contribution in [0.15, 0.2) is 30.3 Å². The minimum Gasteiger partial charge on any atom is -0.407 e. The van der Waals surface area contributed by atoms with Crippen molar-refractivity contribution in [1.29, 1.82) is 0 Å². The third-order valence-corrected chi connectivity index (χ3v) is 4.21. The highest BCUT2D eigenvalue weighted by Gasteiger charge is 2.13. The van der Waals surface area contributed by atoms with Crippen LogP contribution in [-0.2, 0) is 17.4 Å². The van der Waals surface area contributed by atoms with Crippen LogP contribution in [0, 0.1) is 20.8 Å². The summed E-state index contributed by atoms with van der Waals surface area (Å²) in [5.74, 6) is 0.713. The Morgan fingerprint density at radius 3 is 2.29 bits per heavy atom. The first-order valence-corrected chi connectivity index (χ1v) is 7.97. The molecule has 0 bridgehead atoms. The fourth-order valence-electron chi connectivity index (χ4n) is 2.93. The molecule has 3 heteroatoms. The van der Waals surface area contributed by atoms with Crippen LogP contribution in [0.25, 0.3) is 0 Å². The van der Waals surface area contributed by atoms with Crippen LogP contribution < -0.4 is 4.52 Å². The topological polar surface area (TPSA) is 26.3 Å². The van der Waals surface area contributed by atoms with Crippen LogP contribution >= 0.6 is 8.69 Å². The van der Waals surface area contributed by atoms with E-state index >= 15 is 0 Å². The fraction of sp³-hybridized carbons (Fsp3) is 0.333. The smallest absolute Gasteiger partial charge is 0.395 e. The zero-order valence-electron chi connectivity index (χ0n) is 13.1. The number of rotatable bonds is 5. The molecule has 0 atom stereocenters. The second kappa shape index (κ2) is 6.87. The quantitative estimate of drug-likeness (QED) is 0.696. The van der Waals surface area contributed by atoms with Gasteiger partial charge in [0.2, 0.25) is 0 Å². The van der Waals surface area contributed by atoms with E-state index in [2.05, 4.69) is 45.9 Å². The van der Waals surface area contributed by atoms with Crippen LogP contribution in [-0.4, -0.2) is 0 Å². The van der Waals surface area contributed by atoms with Crippen LogP contribution in [0.5, 0.6) is 5.75 Å². The van der Waals surface area contributed by atoms with Gasteiger partial charge in [-0.05, 0) is 55.5 Å². The highest BCUT2D eigenvalue weighted by Crippen LogP contribution is 2.30. The van der Waals surface area contributed by atoms with Crippen molar-refractivity contribution < 1.29 is 9.09 Å². The van der Waals surface area contributed by atoms with Crippen molar-refractivity contribution >= 4 is 8.69 Å². The Morgan fingerprint density at radius 1 is 1.05 bits per heavy atom. The first-order chi connectivity index (χ1) is 10.1. The Kier molecular flexibility index (Phi) is 5.14. The summed E-state index contributed by atoms with van der Waals surface area (Å²) >= 11 is 0. The summed E-state index contributed by atoms with van der Waals surface area (Å²) in [5.41, 5.74) is 7.59. The van der Waals surface area contributed by atoms with E-state index in [1.165, 1.54) is 27.8 Å². The van der Waals surface area contributed by atoms with Crippen molar-refractivity contribution in [2.45, 2.75) is 40.5 Å². The second-order valence-corrected chi connectivity index (χ2v) is 5.80. The molecule has 0 radical (unpaired) electrons. The number of benzene rings is 2. The van der Waals surface area contributed by atoms with Gasteiger partial charge in [0.05, 0.1) is 0 Å². The predicted molar refractivity (Wildman–Crippen MR) is 87.5 cm³/mol. The molecule has 2 nitrogen and oxygen atoms in total. The largest absolute Gasteiger partial charge is 0.407 e.